The summed E-state index contributed by atoms with van der Waals surface area (Å²) in [5.74, 6) is -0.497. The van der Waals surface area contributed by atoms with Crippen molar-refractivity contribution < 1.29 is 14.3 Å². The van der Waals surface area contributed by atoms with Gasteiger partial charge in [-0.1, -0.05) is 41.7 Å². The second-order valence-electron chi connectivity index (χ2n) is 6.35. The summed E-state index contributed by atoms with van der Waals surface area (Å²) in [6.45, 7) is 4.97. The number of amides is 1. The Morgan fingerprint density at radius 2 is 2.07 bits per heavy atom. The van der Waals surface area contributed by atoms with Gasteiger partial charge in [0.15, 0.2) is 5.13 Å². The first-order chi connectivity index (χ1) is 12.6. The zero-order chi connectivity index (χ0) is 18.5. The van der Waals surface area contributed by atoms with Gasteiger partial charge in [-0.05, 0) is 33.2 Å². The molecular formula is C19H24ClN3O3S. The number of benzene rings is 1. The van der Waals surface area contributed by atoms with Crippen molar-refractivity contribution in [2.24, 2.45) is 5.92 Å². The molecule has 1 amide bonds. The third kappa shape index (κ3) is 5.28. The summed E-state index contributed by atoms with van der Waals surface area (Å²) in [5.41, 5.74) is 1.37. The van der Waals surface area contributed by atoms with E-state index in [1.165, 1.54) is 0 Å². The molecule has 0 bridgehead atoms. The predicted molar refractivity (Wildman–Crippen MR) is 110 cm³/mol. The van der Waals surface area contributed by atoms with Crippen LogP contribution in [-0.4, -0.2) is 36.1 Å². The maximum atomic E-state index is 12.6. The fraction of sp³-hybridized carbons (Fsp3) is 0.421. The molecule has 2 atom stereocenters. The van der Waals surface area contributed by atoms with Crippen LogP contribution in [0.5, 0.6) is 0 Å². The Hall–Kier alpha value is -1.96. The molecule has 1 aromatic heterocycles. The summed E-state index contributed by atoms with van der Waals surface area (Å²) in [6.07, 6.45) is 1.60. The third-order valence-electron chi connectivity index (χ3n) is 4.36. The van der Waals surface area contributed by atoms with Crippen molar-refractivity contribution in [3.63, 3.8) is 0 Å². The molecule has 0 radical (unpaired) electrons. The zero-order valence-electron chi connectivity index (χ0n) is 15.4. The van der Waals surface area contributed by atoms with Crippen LogP contribution in [-0.2, 0) is 9.53 Å². The van der Waals surface area contributed by atoms with Crippen molar-refractivity contribution in [3.05, 3.63) is 35.2 Å². The smallest absolute Gasteiger partial charge is 0.350 e. The molecule has 146 valence electrons. The normalized spacial score (nSPS) is 19.0. The molecule has 0 saturated carbocycles. The van der Waals surface area contributed by atoms with E-state index in [-0.39, 0.29) is 24.2 Å². The number of hydrogen-bond acceptors (Lipinski definition) is 6. The lowest BCUT2D eigenvalue weighted by molar-refractivity contribution is -0.120. The molecule has 1 saturated heterocycles. The fourth-order valence-electron chi connectivity index (χ4n) is 3.08. The number of halogens is 1. The highest BCUT2D eigenvalue weighted by Crippen LogP contribution is 2.32. The maximum Gasteiger partial charge on any atom is 0.350 e. The summed E-state index contributed by atoms with van der Waals surface area (Å²) in [5, 5.41) is 6.67. The number of hydrogen-bond donors (Lipinski definition) is 2. The molecular weight excluding hydrogens is 386 g/mol. The zero-order valence-corrected chi connectivity index (χ0v) is 17.0. The Balaban J connectivity index is 0.00000261. The van der Waals surface area contributed by atoms with E-state index in [4.69, 9.17) is 4.74 Å². The van der Waals surface area contributed by atoms with Gasteiger partial charge in [-0.3, -0.25) is 4.79 Å². The Morgan fingerprint density at radius 3 is 2.74 bits per heavy atom. The number of anilines is 1. The second kappa shape index (κ2) is 9.82. The van der Waals surface area contributed by atoms with Crippen LogP contribution in [0.1, 0.15) is 36.4 Å². The molecule has 2 heterocycles. The van der Waals surface area contributed by atoms with E-state index >= 15 is 0 Å². The number of aromatic nitrogens is 1. The topological polar surface area (TPSA) is 80.3 Å². The summed E-state index contributed by atoms with van der Waals surface area (Å²) in [6, 6.07) is 9.78. The fourth-order valence-corrected chi connectivity index (χ4v) is 3.96. The Morgan fingerprint density at radius 1 is 1.33 bits per heavy atom. The molecule has 1 aliphatic heterocycles. The van der Waals surface area contributed by atoms with Crippen molar-refractivity contribution in [3.8, 4) is 11.3 Å². The van der Waals surface area contributed by atoms with Gasteiger partial charge in [0.25, 0.3) is 0 Å². The number of nitrogens with zero attached hydrogens (tertiary/aromatic N) is 1. The number of ether oxygens (including phenoxy) is 1. The Labute approximate surface area is 169 Å². The van der Waals surface area contributed by atoms with Crippen LogP contribution >= 0.6 is 23.7 Å². The number of nitrogens with one attached hydrogen (secondary N) is 2. The Kier molecular flexibility index (Phi) is 7.77. The van der Waals surface area contributed by atoms with Crippen molar-refractivity contribution in [2.45, 2.75) is 32.7 Å². The van der Waals surface area contributed by atoms with Gasteiger partial charge in [0.05, 0.1) is 12.3 Å². The lowest BCUT2D eigenvalue weighted by Gasteiger charge is -2.26. The molecule has 8 heteroatoms. The SMILES string of the molecule is CCOC(=O)c1sc(NC(=O)[C@H]2CCN[C@@H](C)C2)nc1-c1ccccc1.Cl. The van der Waals surface area contributed by atoms with E-state index in [0.717, 1.165) is 36.3 Å². The van der Waals surface area contributed by atoms with E-state index in [1.807, 2.05) is 30.3 Å². The molecule has 2 aromatic rings. The average molecular weight is 410 g/mol. The molecule has 0 aliphatic carbocycles. The van der Waals surface area contributed by atoms with Crippen LogP contribution in [0.3, 0.4) is 0 Å². The average Bonchev–Trinajstić information content (AvgIpc) is 3.06. The minimum atomic E-state index is -0.417. The lowest BCUT2D eigenvalue weighted by atomic mass is 9.92. The molecule has 1 aliphatic rings. The first-order valence-corrected chi connectivity index (χ1v) is 9.67. The van der Waals surface area contributed by atoms with Crippen LogP contribution in [0.25, 0.3) is 11.3 Å². The monoisotopic (exact) mass is 409 g/mol. The Bertz CT molecular complexity index is 782. The standard InChI is InChI=1S/C19H23N3O3S.ClH/c1-3-25-18(24)16-15(13-7-5-4-6-8-13)21-19(26-16)22-17(23)14-9-10-20-12(2)11-14;/h4-8,12,14,20H,3,9-11H2,1-2H3,(H,21,22,23);1H/t12-,14-;/m0./s1. The summed E-state index contributed by atoms with van der Waals surface area (Å²) < 4.78 is 5.15. The number of esters is 1. The quantitative estimate of drug-likeness (QED) is 0.735. The van der Waals surface area contributed by atoms with Crippen LogP contribution in [0.2, 0.25) is 0 Å². The minimum absolute atomic E-state index is 0. The van der Waals surface area contributed by atoms with Crippen molar-refractivity contribution in [1.29, 1.82) is 0 Å². The molecule has 1 aromatic carbocycles. The van der Waals surface area contributed by atoms with E-state index < -0.39 is 5.97 Å². The first kappa shape index (κ1) is 21.3. The molecule has 6 nitrogen and oxygen atoms in total. The van der Waals surface area contributed by atoms with Crippen LogP contribution in [0, 0.1) is 5.92 Å². The predicted octanol–water partition coefficient (Wildman–Crippen LogP) is 3.74. The summed E-state index contributed by atoms with van der Waals surface area (Å²) >= 11 is 1.16. The van der Waals surface area contributed by atoms with Crippen molar-refractivity contribution >= 4 is 40.8 Å². The van der Waals surface area contributed by atoms with Crippen LogP contribution in [0.4, 0.5) is 5.13 Å². The number of carbonyl (C=O) groups is 2. The van der Waals surface area contributed by atoms with E-state index in [9.17, 15) is 9.59 Å². The van der Waals surface area contributed by atoms with Crippen molar-refractivity contribution in [2.75, 3.05) is 18.5 Å². The van der Waals surface area contributed by atoms with Gasteiger partial charge in [0.1, 0.15) is 4.88 Å². The van der Waals surface area contributed by atoms with Gasteiger partial charge in [-0.15, -0.1) is 12.4 Å². The van der Waals surface area contributed by atoms with E-state index in [0.29, 0.717) is 28.4 Å². The first-order valence-electron chi connectivity index (χ1n) is 8.86. The molecule has 27 heavy (non-hydrogen) atoms. The van der Waals surface area contributed by atoms with Gasteiger partial charge in [0, 0.05) is 17.5 Å². The highest BCUT2D eigenvalue weighted by molar-refractivity contribution is 7.18. The number of rotatable bonds is 5. The van der Waals surface area contributed by atoms with Crippen LogP contribution in [0.15, 0.2) is 30.3 Å². The van der Waals surface area contributed by atoms with Gasteiger partial charge in [-0.2, -0.15) is 0 Å². The second-order valence-corrected chi connectivity index (χ2v) is 7.35. The van der Waals surface area contributed by atoms with Gasteiger partial charge in [0.2, 0.25) is 5.91 Å². The van der Waals surface area contributed by atoms with Gasteiger partial charge in [-0.25, -0.2) is 9.78 Å². The van der Waals surface area contributed by atoms with Crippen LogP contribution < -0.4 is 10.6 Å². The maximum absolute atomic E-state index is 12.6. The molecule has 0 unspecified atom stereocenters. The minimum Gasteiger partial charge on any atom is -0.462 e. The lowest BCUT2D eigenvalue weighted by Crippen LogP contribution is -2.40. The van der Waals surface area contributed by atoms with E-state index in [2.05, 4.69) is 22.5 Å². The highest BCUT2D eigenvalue weighted by atomic mass is 35.5. The number of piperidine rings is 1. The van der Waals surface area contributed by atoms with E-state index in [1.54, 1.807) is 6.92 Å². The molecule has 1 fully saturated rings. The largest absolute Gasteiger partial charge is 0.462 e. The molecule has 0 spiro atoms. The third-order valence-corrected chi connectivity index (χ3v) is 5.31. The number of carbonyl (C=O) groups excluding carboxylic acids is 2. The number of thiazole rings is 1. The highest BCUT2D eigenvalue weighted by Gasteiger charge is 2.27. The molecule has 2 N–H and O–H groups in total. The van der Waals surface area contributed by atoms with Gasteiger partial charge < -0.3 is 15.4 Å². The molecule has 3 rings (SSSR count). The van der Waals surface area contributed by atoms with Gasteiger partial charge >= 0.3 is 5.97 Å². The summed E-state index contributed by atoms with van der Waals surface area (Å²) in [4.78, 5) is 29.8. The summed E-state index contributed by atoms with van der Waals surface area (Å²) in [7, 11) is 0. The van der Waals surface area contributed by atoms with Crippen molar-refractivity contribution in [1.82, 2.24) is 10.3 Å².